The van der Waals surface area contributed by atoms with Gasteiger partial charge in [-0.3, -0.25) is 0 Å². The fraction of sp³-hybridized carbons (Fsp3) is 0.562. The van der Waals surface area contributed by atoms with Gasteiger partial charge in [0.1, 0.15) is 11.7 Å². The molecular formula is C16H22F3NO4S. The zero-order chi connectivity index (χ0) is 19.3. The van der Waals surface area contributed by atoms with E-state index in [-0.39, 0.29) is 35.2 Å². The number of aliphatic hydroxyl groups is 2. The lowest BCUT2D eigenvalue weighted by Gasteiger charge is -2.21. The van der Waals surface area contributed by atoms with E-state index < -0.39 is 29.4 Å². The quantitative estimate of drug-likeness (QED) is 0.656. The molecule has 2 unspecified atom stereocenters. The highest BCUT2D eigenvalue weighted by Gasteiger charge is 2.29. The maximum Gasteiger partial charge on any atom is 0.446 e. The van der Waals surface area contributed by atoms with Gasteiger partial charge in [-0.05, 0) is 56.7 Å². The van der Waals surface area contributed by atoms with Crippen LogP contribution in [0.2, 0.25) is 0 Å². The predicted octanol–water partition coefficient (Wildman–Crippen LogP) is 3.61. The van der Waals surface area contributed by atoms with Crippen LogP contribution < -0.4 is 5.32 Å². The topological polar surface area (TPSA) is 78.8 Å². The number of benzene rings is 1. The van der Waals surface area contributed by atoms with Crippen molar-refractivity contribution < 1.29 is 32.9 Å². The van der Waals surface area contributed by atoms with Gasteiger partial charge in [0.2, 0.25) is 0 Å². The highest BCUT2D eigenvalue weighted by Crippen LogP contribution is 2.37. The second kappa shape index (κ2) is 8.77. The molecule has 0 fully saturated rings. The van der Waals surface area contributed by atoms with E-state index >= 15 is 0 Å². The van der Waals surface area contributed by atoms with E-state index in [0.29, 0.717) is 0 Å². The van der Waals surface area contributed by atoms with E-state index in [9.17, 15) is 28.2 Å². The Balaban J connectivity index is 2.55. The average Bonchev–Trinajstić information content (AvgIpc) is 2.42. The highest BCUT2D eigenvalue weighted by molar-refractivity contribution is 8.00. The predicted molar refractivity (Wildman–Crippen MR) is 88.2 cm³/mol. The molecule has 0 saturated carbocycles. The number of hydrogen-bond donors (Lipinski definition) is 3. The van der Waals surface area contributed by atoms with Crippen molar-refractivity contribution in [2.45, 2.75) is 55.4 Å². The molecule has 0 bridgehead atoms. The molecular weight excluding hydrogens is 359 g/mol. The molecule has 0 aliphatic rings. The third-order valence-electron chi connectivity index (χ3n) is 2.91. The Kier molecular flexibility index (Phi) is 7.58. The average molecular weight is 381 g/mol. The summed E-state index contributed by atoms with van der Waals surface area (Å²) in [6.45, 7) is 5.16. The molecule has 1 aromatic rings. The molecule has 2 atom stereocenters. The minimum atomic E-state index is -4.43. The van der Waals surface area contributed by atoms with Crippen LogP contribution in [0, 0.1) is 0 Å². The summed E-state index contributed by atoms with van der Waals surface area (Å²) in [7, 11) is 0. The van der Waals surface area contributed by atoms with Crippen molar-refractivity contribution in [3.63, 3.8) is 0 Å². The second-order valence-corrected chi connectivity index (χ2v) is 7.49. The molecule has 9 heteroatoms. The van der Waals surface area contributed by atoms with Gasteiger partial charge in [0.15, 0.2) is 0 Å². The van der Waals surface area contributed by atoms with Gasteiger partial charge in [-0.1, -0.05) is 12.1 Å². The van der Waals surface area contributed by atoms with Crippen molar-refractivity contribution in [1.82, 2.24) is 5.32 Å². The van der Waals surface area contributed by atoms with Crippen LogP contribution in [0.3, 0.4) is 0 Å². The van der Waals surface area contributed by atoms with Crippen LogP contribution in [0.4, 0.5) is 18.0 Å². The van der Waals surface area contributed by atoms with Crippen LogP contribution in [-0.4, -0.2) is 40.1 Å². The fourth-order valence-electron chi connectivity index (χ4n) is 1.91. The van der Waals surface area contributed by atoms with Gasteiger partial charge in [0.25, 0.3) is 0 Å². The summed E-state index contributed by atoms with van der Waals surface area (Å²) in [6.07, 6.45) is -3.26. The van der Waals surface area contributed by atoms with Gasteiger partial charge in [0.05, 0.1) is 6.10 Å². The fourth-order valence-corrected chi connectivity index (χ4v) is 2.52. The van der Waals surface area contributed by atoms with E-state index in [1.165, 1.54) is 24.3 Å². The molecule has 0 spiro atoms. The summed E-state index contributed by atoms with van der Waals surface area (Å²) in [6, 6.07) is 5.24. The van der Waals surface area contributed by atoms with Gasteiger partial charge >= 0.3 is 11.6 Å². The van der Waals surface area contributed by atoms with Crippen molar-refractivity contribution in [3.8, 4) is 0 Å². The maximum absolute atomic E-state index is 12.4. The van der Waals surface area contributed by atoms with E-state index in [0.717, 1.165) is 0 Å². The Morgan fingerprint density at radius 2 is 1.92 bits per heavy atom. The Morgan fingerprint density at radius 1 is 1.28 bits per heavy atom. The van der Waals surface area contributed by atoms with Gasteiger partial charge in [-0.2, -0.15) is 13.2 Å². The summed E-state index contributed by atoms with van der Waals surface area (Å²) in [5.41, 5.74) is -4.92. The number of halogens is 3. The normalized spacial score (nSPS) is 14.7. The minimum absolute atomic E-state index is 0.0110. The lowest BCUT2D eigenvalue weighted by Crippen LogP contribution is -2.34. The van der Waals surface area contributed by atoms with Crippen molar-refractivity contribution in [1.29, 1.82) is 0 Å². The van der Waals surface area contributed by atoms with Gasteiger partial charge in [-0.15, -0.1) is 0 Å². The number of rotatable bonds is 6. The summed E-state index contributed by atoms with van der Waals surface area (Å²) < 4.78 is 42.2. The summed E-state index contributed by atoms with van der Waals surface area (Å²) in [4.78, 5) is 11.4. The second-order valence-electron chi connectivity index (χ2n) is 6.35. The molecule has 1 amide bonds. The minimum Gasteiger partial charge on any atom is -0.444 e. The number of alkyl carbamates (subject to hydrolysis) is 1. The molecule has 1 aromatic carbocycles. The number of carbonyl (C=O) groups excluding carboxylic acids is 1. The first kappa shape index (κ1) is 21.6. The lowest BCUT2D eigenvalue weighted by atomic mass is 10.0. The Labute approximate surface area is 148 Å². The number of amides is 1. The third kappa shape index (κ3) is 8.99. The molecule has 0 radical (unpaired) electrons. The number of ether oxygens (including phenoxy) is 1. The highest BCUT2D eigenvalue weighted by atomic mass is 32.2. The largest absolute Gasteiger partial charge is 0.446 e. The monoisotopic (exact) mass is 381 g/mol. The van der Waals surface area contributed by atoms with Crippen molar-refractivity contribution in [2.75, 3.05) is 6.54 Å². The Bertz CT molecular complexity index is 575. The van der Waals surface area contributed by atoms with Crippen LogP contribution in [0.25, 0.3) is 0 Å². The first-order chi connectivity index (χ1) is 11.4. The summed E-state index contributed by atoms with van der Waals surface area (Å²) in [5.74, 6) is 0. The molecule has 5 nitrogen and oxygen atoms in total. The molecule has 0 saturated heterocycles. The molecule has 142 valence electrons. The Hall–Kier alpha value is -1.45. The smallest absolute Gasteiger partial charge is 0.444 e. The first-order valence-electron chi connectivity index (χ1n) is 7.56. The number of carbonyl (C=O) groups is 1. The van der Waals surface area contributed by atoms with Gasteiger partial charge in [-0.25, -0.2) is 4.79 Å². The molecule has 0 aliphatic carbocycles. The van der Waals surface area contributed by atoms with Crippen LogP contribution in [0.5, 0.6) is 0 Å². The molecule has 0 heterocycles. The van der Waals surface area contributed by atoms with E-state index in [1.807, 2.05) is 0 Å². The summed E-state index contributed by atoms with van der Waals surface area (Å²) in [5, 5.41) is 22.5. The number of aliphatic hydroxyl groups excluding tert-OH is 2. The third-order valence-corrected chi connectivity index (χ3v) is 3.63. The van der Waals surface area contributed by atoms with E-state index in [4.69, 9.17) is 4.74 Å². The molecule has 0 aliphatic heterocycles. The maximum atomic E-state index is 12.4. The van der Waals surface area contributed by atoms with Crippen LogP contribution in [0.1, 0.15) is 38.9 Å². The molecule has 0 aromatic heterocycles. The summed E-state index contributed by atoms with van der Waals surface area (Å²) >= 11 is -0.295. The van der Waals surface area contributed by atoms with Crippen molar-refractivity contribution >= 4 is 17.9 Å². The zero-order valence-electron chi connectivity index (χ0n) is 14.1. The lowest BCUT2D eigenvalue weighted by molar-refractivity contribution is -0.0328. The molecule has 3 N–H and O–H groups in total. The number of thioether (sulfide) groups is 1. The van der Waals surface area contributed by atoms with Crippen LogP contribution >= 0.6 is 11.8 Å². The van der Waals surface area contributed by atoms with Crippen molar-refractivity contribution in [3.05, 3.63) is 29.8 Å². The number of hydrogen-bond acceptors (Lipinski definition) is 5. The van der Waals surface area contributed by atoms with E-state index in [2.05, 4.69) is 5.32 Å². The first-order valence-corrected chi connectivity index (χ1v) is 8.38. The number of nitrogens with one attached hydrogen (secondary N) is 1. The molecule has 25 heavy (non-hydrogen) atoms. The zero-order valence-corrected chi connectivity index (χ0v) is 14.9. The SMILES string of the molecule is CC(C)(C)OC(=O)NCCC(O)C(O)c1cccc(SC(F)(F)F)c1. The number of alkyl halides is 3. The van der Waals surface area contributed by atoms with Gasteiger partial charge < -0.3 is 20.3 Å². The standard InChI is InChI=1S/C16H22F3NO4S/c1-15(2,3)24-14(23)20-8-7-12(21)13(22)10-5-4-6-11(9-10)25-16(17,18)19/h4-6,9,12-13,21-22H,7-8H2,1-3H3,(H,20,23). The van der Waals surface area contributed by atoms with Crippen molar-refractivity contribution in [2.24, 2.45) is 0 Å². The van der Waals surface area contributed by atoms with E-state index in [1.54, 1.807) is 20.8 Å². The van der Waals surface area contributed by atoms with Crippen LogP contribution in [0.15, 0.2) is 29.2 Å². The van der Waals surface area contributed by atoms with Gasteiger partial charge in [0, 0.05) is 11.4 Å². The molecule has 1 rings (SSSR count). The van der Waals surface area contributed by atoms with Crippen LogP contribution in [-0.2, 0) is 4.74 Å². The Morgan fingerprint density at radius 3 is 2.48 bits per heavy atom.